The number of alkyl halides is 3. The molecule has 1 N–H and O–H groups in total. The number of carbonyl (C=O) groups excluding carboxylic acids is 1. The van der Waals surface area contributed by atoms with Gasteiger partial charge in [-0.05, 0) is 24.1 Å². The molecule has 3 rings (SSSR count). The van der Waals surface area contributed by atoms with E-state index in [-0.39, 0.29) is 19.1 Å². The van der Waals surface area contributed by atoms with Crippen LogP contribution in [-0.4, -0.2) is 71.4 Å². The molecule has 1 saturated heterocycles. The number of halogens is 3. The molecular weight excluding hydrogens is 399 g/mol. The predicted molar refractivity (Wildman–Crippen MR) is 105 cm³/mol. The van der Waals surface area contributed by atoms with E-state index in [1.165, 1.54) is 4.90 Å². The van der Waals surface area contributed by atoms with Gasteiger partial charge in [0.15, 0.2) is 0 Å². The standard InChI is InChI=1S/C20H26F3N5O2/c1-26-11-8-24-18(26)17(15-4-6-16(30-2)7-5-15)25-19(29)28-10-3-9-27(12-13-28)14-20(21,22)23/h4-8,11,17H,3,9-10,12-14H2,1-2H3,(H,25,29). The molecule has 0 spiro atoms. The van der Waals surface area contributed by atoms with Gasteiger partial charge in [0.2, 0.25) is 0 Å². The summed E-state index contributed by atoms with van der Waals surface area (Å²) in [7, 11) is 3.42. The maximum absolute atomic E-state index is 13.0. The van der Waals surface area contributed by atoms with Gasteiger partial charge in [-0.2, -0.15) is 13.2 Å². The molecule has 30 heavy (non-hydrogen) atoms. The van der Waals surface area contributed by atoms with Crippen LogP contribution in [0.1, 0.15) is 23.9 Å². The fourth-order valence-electron chi connectivity index (χ4n) is 3.55. The molecule has 164 valence electrons. The minimum Gasteiger partial charge on any atom is -0.497 e. The van der Waals surface area contributed by atoms with Gasteiger partial charge in [-0.25, -0.2) is 9.78 Å². The molecule has 10 heteroatoms. The second-order valence-corrected chi connectivity index (χ2v) is 7.28. The van der Waals surface area contributed by atoms with Crippen LogP contribution in [0.4, 0.5) is 18.0 Å². The number of urea groups is 1. The van der Waals surface area contributed by atoms with Crippen LogP contribution in [0.5, 0.6) is 5.75 Å². The van der Waals surface area contributed by atoms with E-state index < -0.39 is 18.8 Å². The van der Waals surface area contributed by atoms with E-state index in [0.29, 0.717) is 31.1 Å². The number of nitrogens with one attached hydrogen (secondary N) is 1. The number of hydrogen-bond acceptors (Lipinski definition) is 4. The van der Waals surface area contributed by atoms with Crippen LogP contribution in [0.3, 0.4) is 0 Å². The molecule has 7 nitrogen and oxygen atoms in total. The number of carbonyl (C=O) groups is 1. The van der Waals surface area contributed by atoms with Crippen molar-refractivity contribution in [3.05, 3.63) is 48.0 Å². The lowest BCUT2D eigenvalue weighted by Gasteiger charge is -2.26. The first kappa shape index (κ1) is 21.9. The van der Waals surface area contributed by atoms with Gasteiger partial charge in [0, 0.05) is 45.6 Å². The summed E-state index contributed by atoms with van der Waals surface area (Å²) in [4.78, 5) is 20.2. The Bertz CT molecular complexity index is 838. The molecular formula is C20H26F3N5O2. The fraction of sp³-hybridized carbons (Fsp3) is 0.500. The zero-order chi connectivity index (χ0) is 21.7. The Morgan fingerprint density at radius 3 is 2.53 bits per heavy atom. The summed E-state index contributed by atoms with van der Waals surface area (Å²) >= 11 is 0. The topological polar surface area (TPSA) is 62.6 Å². The number of imidazole rings is 1. The summed E-state index contributed by atoms with van der Waals surface area (Å²) in [5.74, 6) is 1.35. The van der Waals surface area contributed by atoms with Crippen LogP contribution < -0.4 is 10.1 Å². The van der Waals surface area contributed by atoms with E-state index in [0.717, 1.165) is 5.56 Å². The number of ether oxygens (including phenoxy) is 1. The van der Waals surface area contributed by atoms with Crippen molar-refractivity contribution in [3.63, 3.8) is 0 Å². The van der Waals surface area contributed by atoms with Crippen molar-refractivity contribution in [2.75, 3.05) is 39.8 Å². The Morgan fingerprint density at radius 2 is 1.93 bits per heavy atom. The molecule has 1 aliphatic rings. The van der Waals surface area contributed by atoms with E-state index in [4.69, 9.17) is 4.74 Å². The van der Waals surface area contributed by atoms with Gasteiger partial charge in [-0.3, -0.25) is 4.90 Å². The molecule has 1 fully saturated rings. The molecule has 0 saturated carbocycles. The second kappa shape index (κ2) is 9.38. The molecule has 0 radical (unpaired) electrons. The van der Waals surface area contributed by atoms with Gasteiger partial charge < -0.3 is 19.5 Å². The monoisotopic (exact) mass is 425 g/mol. The molecule has 1 aromatic carbocycles. The molecule has 2 heterocycles. The van der Waals surface area contributed by atoms with E-state index >= 15 is 0 Å². The summed E-state index contributed by atoms with van der Waals surface area (Å²) in [5, 5.41) is 3.00. The van der Waals surface area contributed by atoms with E-state index in [9.17, 15) is 18.0 Å². The lowest BCUT2D eigenvalue weighted by Crippen LogP contribution is -2.44. The average molecular weight is 425 g/mol. The van der Waals surface area contributed by atoms with Gasteiger partial charge in [-0.15, -0.1) is 0 Å². The number of amides is 2. The van der Waals surface area contributed by atoms with E-state index in [1.54, 1.807) is 36.5 Å². The minimum atomic E-state index is -4.24. The van der Waals surface area contributed by atoms with Crippen LogP contribution in [0, 0.1) is 0 Å². The molecule has 0 bridgehead atoms. The Kier molecular flexibility index (Phi) is 6.86. The van der Waals surface area contributed by atoms with E-state index in [2.05, 4.69) is 10.3 Å². The van der Waals surface area contributed by atoms with Gasteiger partial charge >= 0.3 is 12.2 Å². The predicted octanol–water partition coefficient (Wildman–Crippen LogP) is 2.80. The van der Waals surface area contributed by atoms with Crippen LogP contribution >= 0.6 is 0 Å². The number of nitrogens with zero attached hydrogens (tertiary/aromatic N) is 4. The van der Waals surface area contributed by atoms with Crippen LogP contribution in [0.25, 0.3) is 0 Å². The molecule has 2 amide bonds. The fourth-order valence-corrected chi connectivity index (χ4v) is 3.55. The highest BCUT2D eigenvalue weighted by Gasteiger charge is 2.32. The van der Waals surface area contributed by atoms with Crippen molar-refractivity contribution in [2.24, 2.45) is 7.05 Å². The van der Waals surface area contributed by atoms with Crippen molar-refractivity contribution in [2.45, 2.75) is 18.6 Å². The summed E-state index contributed by atoms with van der Waals surface area (Å²) in [6.45, 7) is 0.172. The Morgan fingerprint density at radius 1 is 1.20 bits per heavy atom. The number of benzene rings is 1. The number of hydrogen-bond donors (Lipinski definition) is 1. The third-order valence-electron chi connectivity index (χ3n) is 5.11. The molecule has 1 atom stereocenters. The zero-order valence-electron chi connectivity index (χ0n) is 17.0. The van der Waals surface area contributed by atoms with Gasteiger partial charge in [0.1, 0.15) is 17.6 Å². The Balaban J connectivity index is 1.72. The molecule has 1 aliphatic heterocycles. The molecule has 2 aromatic rings. The number of rotatable bonds is 5. The smallest absolute Gasteiger partial charge is 0.401 e. The lowest BCUT2D eigenvalue weighted by atomic mass is 10.1. The number of aryl methyl sites for hydroxylation is 1. The Hall–Kier alpha value is -2.75. The third-order valence-corrected chi connectivity index (χ3v) is 5.11. The van der Waals surface area contributed by atoms with E-state index in [1.807, 2.05) is 23.7 Å². The number of aromatic nitrogens is 2. The first-order chi connectivity index (χ1) is 14.3. The second-order valence-electron chi connectivity index (χ2n) is 7.28. The van der Waals surface area contributed by atoms with Crippen LogP contribution in [0.2, 0.25) is 0 Å². The molecule has 1 aromatic heterocycles. The van der Waals surface area contributed by atoms with Crippen molar-refractivity contribution in [3.8, 4) is 5.75 Å². The highest BCUT2D eigenvalue weighted by Crippen LogP contribution is 2.24. The maximum atomic E-state index is 13.0. The number of methoxy groups -OCH3 is 1. The SMILES string of the molecule is COc1ccc(C(NC(=O)N2CCCN(CC(F)(F)F)CC2)c2nccn2C)cc1. The van der Waals surface area contributed by atoms with Crippen molar-refractivity contribution in [1.82, 2.24) is 24.7 Å². The van der Waals surface area contributed by atoms with Crippen molar-refractivity contribution in [1.29, 1.82) is 0 Å². The van der Waals surface area contributed by atoms with Gasteiger partial charge in [0.05, 0.1) is 13.7 Å². The van der Waals surface area contributed by atoms with Gasteiger partial charge in [0.25, 0.3) is 0 Å². The van der Waals surface area contributed by atoms with Crippen LogP contribution in [-0.2, 0) is 7.05 Å². The summed E-state index contributed by atoms with van der Waals surface area (Å²) in [6.07, 6.45) is -0.313. The van der Waals surface area contributed by atoms with Gasteiger partial charge in [-0.1, -0.05) is 12.1 Å². The minimum absolute atomic E-state index is 0.183. The Labute approximate surface area is 173 Å². The maximum Gasteiger partial charge on any atom is 0.401 e. The zero-order valence-corrected chi connectivity index (χ0v) is 17.0. The molecule has 1 unspecified atom stereocenters. The first-order valence-corrected chi connectivity index (χ1v) is 9.72. The summed E-state index contributed by atoms with van der Waals surface area (Å²) < 4.78 is 45.1. The summed E-state index contributed by atoms with van der Waals surface area (Å²) in [6, 6.07) is 6.49. The molecule has 0 aliphatic carbocycles. The summed E-state index contributed by atoms with van der Waals surface area (Å²) in [5.41, 5.74) is 0.826. The largest absolute Gasteiger partial charge is 0.497 e. The van der Waals surface area contributed by atoms with Crippen molar-refractivity contribution < 1.29 is 22.7 Å². The van der Waals surface area contributed by atoms with Crippen LogP contribution in [0.15, 0.2) is 36.7 Å². The lowest BCUT2D eigenvalue weighted by molar-refractivity contribution is -0.145. The quantitative estimate of drug-likeness (QED) is 0.800. The highest BCUT2D eigenvalue weighted by molar-refractivity contribution is 5.75. The highest BCUT2D eigenvalue weighted by atomic mass is 19.4. The normalized spacial score (nSPS) is 16.8. The average Bonchev–Trinajstić information content (AvgIpc) is 2.99. The third kappa shape index (κ3) is 5.65. The first-order valence-electron chi connectivity index (χ1n) is 9.72. The van der Waals surface area contributed by atoms with Crippen molar-refractivity contribution >= 4 is 6.03 Å².